The highest BCUT2D eigenvalue weighted by Crippen LogP contribution is 2.19. The number of hydrogen-bond acceptors (Lipinski definition) is 4. The van der Waals surface area contributed by atoms with E-state index in [9.17, 15) is 4.79 Å². The summed E-state index contributed by atoms with van der Waals surface area (Å²) in [7, 11) is 0. The molecule has 2 rings (SSSR count). The van der Waals surface area contributed by atoms with E-state index in [-0.39, 0.29) is 15.7 Å². The molecule has 1 N–H and O–H groups in total. The monoisotopic (exact) mass is 292 g/mol. The van der Waals surface area contributed by atoms with Crippen LogP contribution in [0.15, 0.2) is 30.6 Å². The van der Waals surface area contributed by atoms with E-state index in [1.165, 1.54) is 24.5 Å². The molecule has 2 aromatic rings. The van der Waals surface area contributed by atoms with Crippen molar-refractivity contribution in [3.63, 3.8) is 0 Å². The minimum atomic E-state index is -0.452. The van der Waals surface area contributed by atoms with Gasteiger partial charge in [0.05, 0.1) is 16.1 Å². The second kappa shape index (κ2) is 5.65. The van der Waals surface area contributed by atoms with Crippen molar-refractivity contribution in [2.75, 3.05) is 5.32 Å². The van der Waals surface area contributed by atoms with Gasteiger partial charge in [-0.2, -0.15) is 5.26 Å². The Hall–Kier alpha value is -2.16. The van der Waals surface area contributed by atoms with E-state index < -0.39 is 5.91 Å². The van der Waals surface area contributed by atoms with Gasteiger partial charge in [0, 0.05) is 12.4 Å². The van der Waals surface area contributed by atoms with Crippen LogP contribution in [-0.2, 0) is 0 Å². The molecule has 0 aromatic carbocycles. The van der Waals surface area contributed by atoms with Gasteiger partial charge in [0.25, 0.3) is 5.91 Å². The molecule has 0 fully saturated rings. The minimum absolute atomic E-state index is 0.169. The lowest BCUT2D eigenvalue weighted by atomic mass is 10.2. The van der Waals surface area contributed by atoms with Gasteiger partial charge in [0.2, 0.25) is 0 Å². The van der Waals surface area contributed by atoms with Crippen molar-refractivity contribution < 1.29 is 4.79 Å². The van der Waals surface area contributed by atoms with Crippen LogP contribution < -0.4 is 5.32 Å². The molecule has 0 atom stereocenters. The zero-order valence-corrected chi connectivity index (χ0v) is 10.9. The average Bonchev–Trinajstić information content (AvgIpc) is 2.42. The molecular formula is C12H6Cl2N4O. The lowest BCUT2D eigenvalue weighted by Gasteiger charge is -2.06. The normalized spacial score (nSPS) is 9.74. The van der Waals surface area contributed by atoms with Crippen LogP contribution in [0.5, 0.6) is 0 Å². The lowest BCUT2D eigenvalue weighted by molar-refractivity contribution is 0.102. The lowest BCUT2D eigenvalue weighted by Crippen LogP contribution is -2.13. The molecule has 0 spiro atoms. The summed E-state index contributed by atoms with van der Waals surface area (Å²) < 4.78 is 0. The van der Waals surface area contributed by atoms with E-state index in [2.05, 4.69) is 15.3 Å². The van der Waals surface area contributed by atoms with Crippen LogP contribution >= 0.6 is 23.2 Å². The summed E-state index contributed by atoms with van der Waals surface area (Å²) in [6, 6.07) is 6.36. The van der Waals surface area contributed by atoms with Gasteiger partial charge in [-0.3, -0.25) is 4.79 Å². The highest BCUT2D eigenvalue weighted by Gasteiger charge is 2.12. The number of halogens is 2. The number of carbonyl (C=O) groups excluding carboxylic acids is 1. The fourth-order valence-electron chi connectivity index (χ4n) is 1.30. The highest BCUT2D eigenvalue weighted by molar-refractivity contribution is 6.35. The SMILES string of the molecule is N#Cc1ccc(NC(=O)c2cc(Cl)ncc2Cl)nc1. The number of nitriles is 1. The number of aromatic nitrogens is 2. The molecule has 0 unspecified atom stereocenters. The second-order valence-electron chi connectivity index (χ2n) is 3.48. The van der Waals surface area contributed by atoms with Crippen molar-refractivity contribution >= 4 is 34.9 Å². The summed E-state index contributed by atoms with van der Waals surface area (Å²) in [6.07, 6.45) is 2.65. The maximum Gasteiger partial charge on any atom is 0.258 e. The predicted octanol–water partition coefficient (Wildman–Crippen LogP) is 2.91. The maximum absolute atomic E-state index is 12.0. The molecule has 0 aliphatic carbocycles. The van der Waals surface area contributed by atoms with Gasteiger partial charge in [-0.15, -0.1) is 0 Å². The fraction of sp³-hybridized carbons (Fsp3) is 0. The Balaban J connectivity index is 2.21. The molecule has 2 aromatic heterocycles. The molecule has 0 bridgehead atoms. The Labute approximate surface area is 118 Å². The second-order valence-corrected chi connectivity index (χ2v) is 4.28. The molecule has 0 saturated heterocycles. The Kier molecular flexibility index (Phi) is 3.95. The van der Waals surface area contributed by atoms with Crippen molar-refractivity contribution in [1.29, 1.82) is 5.26 Å². The molecule has 2 heterocycles. The fourth-order valence-corrected chi connectivity index (χ4v) is 1.65. The predicted molar refractivity (Wildman–Crippen MR) is 71.2 cm³/mol. The summed E-state index contributed by atoms with van der Waals surface area (Å²) >= 11 is 11.6. The third-order valence-corrected chi connectivity index (χ3v) is 2.71. The van der Waals surface area contributed by atoms with Gasteiger partial charge in [-0.05, 0) is 18.2 Å². The van der Waals surface area contributed by atoms with Gasteiger partial charge in [-0.25, -0.2) is 9.97 Å². The molecule has 0 saturated carbocycles. The van der Waals surface area contributed by atoms with E-state index >= 15 is 0 Å². The summed E-state index contributed by atoms with van der Waals surface area (Å²) in [5.41, 5.74) is 0.607. The van der Waals surface area contributed by atoms with Crippen molar-refractivity contribution in [3.8, 4) is 6.07 Å². The van der Waals surface area contributed by atoms with Gasteiger partial charge in [0.1, 0.15) is 17.0 Å². The summed E-state index contributed by atoms with van der Waals surface area (Å²) in [4.78, 5) is 19.6. The number of pyridine rings is 2. The zero-order valence-electron chi connectivity index (χ0n) is 9.39. The molecule has 0 aliphatic rings. The van der Waals surface area contributed by atoms with Crippen molar-refractivity contribution in [1.82, 2.24) is 9.97 Å². The number of anilines is 1. The van der Waals surface area contributed by atoms with E-state index in [0.29, 0.717) is 11.4 Å². The number of rotatable bonds is 2. The van der Waals surface area contributed by atoms with Crippen LogP contribution in [0, 0.1) is 11.3 Å². The summed E-state index contributed by atoms with van der Waals surface area (Å²) in [6.45, 7) is 0. The Morgan fingerprint density at radius 3 is 2.68 bits per heavy atom. The molecular weight excluding hydrogens is 287 g/mol. The number of nitrogens with zero attached hydrogens (tertiary/aromatic N) is 3. The Bertz CT molecular complexity index is 664. The van der Waals surface area contributed by atoms with Crippen LogP contribution in [0.4, 0.5) is 5.82 Å². The summed E-state index contributed by atoms with van der Waals surface area (Å²) in [5.74, 6) is -0.139. The number of nitrogens with one attached hydrogen (secondary N) is 1. The number of carbonyl (C=O) groups is 1. The molecule has 5 nitrogen and oxygen atoms in total. The van der Waals surface area contributed by atoms with Gasteiger partial charge in [-0.1, -0.05) is 23.2 Å². The topological polar surface area (TPSA) is 78.7 Å². The first-order valence-electron chi connectivity index (χ1n) is 5.08. The first-order chi connectivity index (χ1) is 9.10. The average molecular weight is 293 g/mol. The molecule has 19 heavy (non-hydrogen) atoms. The largest absolute Gasteiger partial charge is 0.307 e. The Morgan fingerprint density at radius 1 is 1.26 bits per heavy atom. The van der Waals surface area contributed by atoms with Crippen LogP contribution in [-0.4, -0.2) is 15.9 Å². The van der Waals surface area contributed by atoms with Crippen molar-refractivity contribution in [3.05, 3.63) is 51.9 Å². The standard InChI is InChI=1S/C12H6Cl2N4O/c13-9-6-16-10(14)3-8(9)12(19)18-11-2-1-7(4-15)5-17-11/h1-3,5-6H,(H,17,18,19). The molecule has 94 valence electrons. The number of amides is 1. The van der Waals surface area contributed by atoms with Crippen LogP contribution in [0.1, 0.15) is 15.9 Å². The maximum atomic E-state index is 12.0. The van der Waals surface area contributed by atoms with E-state index in [1.54, 1.807) is 6.07 Å². The summed E-state index contributed by atoms with van der Waals surface area (Å²) in [5, 5.41) is 11.5. The molecule has 0 aliphatic heterocycles. The Morgan fingerprint density at radius 2 is 2.05 bits per heavy atom. The quantitative estimate of drug-likeness (QED) is 0.863. The first kappa shape index (κ1) is 13.3. The molecule has 1 amide bonds. The van der Waals surface area contributed by atoms with Crippen LogP contribution in [0.25, 0.3) is 0 Å². The third-order valence-electron chi connectivity index (χ3n) is 2.20. The van der Waals surface area contributed by atoms with Crippen molar-refractivity contribution in [2.24, 2.45) is 0 Å². The van der Waals surface area contributed by atoms with Gasteiger partial charge >= 0.3 is 0 Å². The van der Waals surface area contributed by atoms with Gasteiger partial charge in [0.15, 0.2) is 0 Å². The molecule has 0 radical (unpaired) electrons. The van der Waals surface area contributed by atoms with E-state index in [0.717, 1.165) is 0 Å². The van der Waals surface area contributed by atoms with E-state index in [1.807, 2.05) is 6.07 Å². The smallest absolute Gasteiger partial charge is 0.258 e. The minimum Gasteiger partial charge on any atom is -0.307 e. The number of hydrogen-bond donors (Lipinski definition) is 1. The zero-order chi connectivity index (χ0) is 13.8. The van der Waals surface area contributed by atoms with Crippen molar-refractivity contribution in [2.45, 2.75) is 0 Å². The van der Waals surface area contributed by atoms with Gasteiger partial charge < -0.3 is 5.32 Å². The van der Waals surface area contributed by atoms with E-state index in [4.69, 9.17) is 28.5 Å². The highest BCUT2D eigenvalue weighted by atomic mass is 35.5. The van der Waals surface area contributed by atoms with Crippen LogP contribution in [0.2, 0.25) is 10.2 Å². The first-order valence-corrected chi connectivity index (χ1v) is 5.84. The third kappa shape index (κ3) is 3.19. The molecule has 7 heteroatoms. The van der Waals surface area contributed by atoms with Crippen LogP contribution in [0.3, 0.4) is 0 Å².